The van der Waals surface area contributed by atoms with Gasteiger partial charge in [-0.3, -0.25) is 5.32 Å². The van der Waals surface area contributed by atoms with Gasteiger partial charge in [0, 0.05) is 18.1 Å². The van der Waals surface area contributed by atoms with Crippen molar-refractivity contribution in [1.29, 1.82) is 0 Å². The Kier molecular flexibility index (Phi) is 10.3. The third-order valence-electron chi connectivity index (χ3n) is 5.40. The summed E-state index contributed by atoms with van der Waals surface area (Å²) in [6, 6.07) is 20.4. The van der Waals surface area contributed by atoms with Crippen LogP contribution in [0.25, 0.3) is 10.8 Å². The maximum atomic E-state index is 13.1. The van der Waals surface area contributed by atoms with E-state index < -0.39 is 24.3 Å². The molecule has 0 spiro atoms. The number of hydrogen-bond donors (Lipinski definition) is 3. The van der Waals surface area contributed by atoms with E-state index in [2.05, 4.69) is 5.32 Å². The van der Waals surface area contributed by atoms with Gasteiger partial charge in [0.25, 0.3) is 0 Å². The molecule has 0 aliphatic rings. The summed E-state index contributed by atoms with van der Waals surface area (Å²) in [7, 11) is 0. The molecule has 0 aliphatic heterocycles. The quantitative estimate of drug-likeness (QED) is 0.276. The van der Waals surface area contributed by atoms with E-state index in [4.69, 9.17) is 24.4 Å². The minimum absolute atomic E-state index is 0.130. The maximum absolute atomic E-state index is 13.1. The highest BCUT2D eigenvalue weighted by Crippen LogP contribution is 2.31. The van der Waals surface area contributed by atoms with Crippen molar-refractivity contribution in [3.05, 3.63) is 84.4 Å². The van der Waals surface area contributed by atoms with Crippen molar-refractivity contribution in [2.45, 2.75) is 32.0 Å². The number of aliphatic hydroxyl groups excluding tert-OH is 1. The zero-order chi connectivity index (χ0) is 25.8. The van der Waals surface area contributed by atoms with Gasteiger partial charge in [-0.15, -0.1) is 0 Å². The fraction of sp³-hybridized carbons (Fsp3) is 0.286. The monoisotopic (exact) mass is 493 g/mol. The number of benzene rings is 3. The summed E-state index contributed by atoms with van der Waals surface area (Å²) >= 11 is 0. The lowest BCUT2D eigenvalue weighted by Gasteiger charge is -2.27. The molecule has 0 aliphatic carbocycles. The zero-order valence-corrected chi connectivity index (χ0v) is 20.1. The molecule has 0 bridgehead atoms. The van der Waals surface area contributed by atoms with E-state index in [1.165, 1.54) is 0 Å². The van der Waals surface area contributed by atoms with Crippen molar-refractivity contribution in [2.75, 3.05) is 25.1 Å². The average Bonchev–Trinajstić information content (AvgIpc) is 2.88. The topological polar surface area (TPSA) is 114 Å². The third-order valence-corrected chi connectivity index (χ3v) is 5.40. The van der Waals surface area contributed by atoms with E-state index in [0.29, 0.717) is 36.4 Å². The highest BCUT2D eigenvalue weighted by molar-refractivity contribution is 6.00. The van der Waals surface area contributed by atoms with Crippen LogP contribution in [0.15, 0.2) is 78.9 Å². The molecular weight excluding hydrogens is 462 g/mol. The van der Waals surface area contributed by atoms with Crippen LogP contribution in [0.2, 0.25) is 0 Å². The smallest absolute Gasteiger partial charge is 0.412 e. The fourth-order valence-electron chi connectivity index (χ4n) is 3.87. The van der Waals surface area contributed by atoms with Crippen molar-refractivity contribution in [1.82, 2.24) is 0 Å². The molecule has 8 heteroatoms. The maximum Gasteiger partial charge on any atom is 0.412 e. The number of carboxylic acids is 1. The molecule has 3 N–H and O–H groups in total. The number of hydrogen-bond acceptors (Lipinski definition) is 6. The second kappa shape index (κ2) is 13.9. The normalized spacial score (nSPS) is 12.8. The highest BCUT2D eigenvalue weighted by Gasteiger charge is 2.28. The first-order valence-electron chi connectivity index (χ1n) is 11.8. The minimum atomic E-state index is -1.03. The first-order chi connectivity index (χ1) is 17.5. The largest absolute Gasteiger partial charge is 0.491 e. The van der Waals surface area contributed by atoms with Crippen LogP contribution in [0.4, 0.5) is 10.5 Å². The molecule has 3 aromatic rings. The summed E-state index contributed by atoms with van der Waals surface area (Å²) in [6.45, 7) is 2.22. The van der Waals surface area contributed by atoms with Crippen LogP contribution in [0.3, 0.4) is 0 Å². The van der Waals surface area contributed by atoms with Crippen LogP contribution >= 0.6 is 0 Å². The van der Waals surface area contributed by atoms with Gasteiger partial charge in [0.1, 0.15) is 12.4 Å². The molecule has 0 saturated carbocycles. The van der Waals surface area contributed by atoms with Gasteiger partial charge in [0.2, 0.25) is 0 Å². The first-order valence-corrected chi connectivity index (χ1v) is 11.8. The van der Waals surface area contributed by atoms with Crippen LogP contribution in [0.1, 0.15) is 31.4 Å². The second-order valence-corrected chi connectivity index (χ2v) is 7.93. The summed E-state index contributed by atoms with van der Waals surface area (Å²) < 4.78 is 17.4. The summed E-state index contributed by atoms with van der Waals surface area (Å²) in [5.74, 6) is -0.510. The van der Waals surface area contributed by atoms with E-state index in [9.17, 15) is 9.59 Å². The Morgan fingerprint density at radius 2 is 1.83 bits per heavy atom. The lowest BCUT2D eigenvalue weighted by atomic mass is 10.00. The second-order valence-electron chi connectivity index (χ2n) is 7.93. The molecule has 8 nitrogen and oxygen atoms in total. The molecular formula is C28H31NO7. The zero-order valence-electron chi connectivity index (χ0n) is 20.1. The van der Waals surface area contributed by atoms with E-state index in [-0.39, 0.29) is 13.2 Å². The van der Waals surface area contributed by atoms with Crippen molar-refractivity contribution in [3.8, 4) is 5.75 Å². The number of amides is 1. The number of anilines is 1. The number of aliphatic hydroxyl groups is 1. The van der Waals surface area contributed by atoms with Crippen molar-refractivity contribution in [2.24, 2.45) is 0 Å². The Balaban J connectivity index is 1.86. The predicted octanol–water partition coefficient (Wildman–Crippen LogP) is 5.33. The molecule has 2 atom stereocenters. The number of nitrogens with one attached hydrogen (secondary N) is 1. The van der Waals surface area contributed by atoms with Gasteiger partial charge in [-0.1, -0.05) is 54.6 Å². The molecule has 3 aromatic carbocycles. The molecule has 36 heavy (non-hydrogen) atoms. The highest BCUT2D eigenvalue weighted by atomic mass is 16.6. The number of fused-ring (bicyclic) bond motifs is 1. The number of carbonyl (C=O) groups is 2. The Morgan fingerprint density at radius 3 is 2.61 bits per heavy atom. The first kappa shape index (κ1) is 26.7. The van der Waals surface area contributed by atoms with E-state index >= 15 is 0 Å². The van der Waals surface area contributed by atoms with Gasteiger partial charge >= 0.3 is 12.1 Å². The molecule has 1 amide bonds. The van der Waals surface area contributed by atoms with Crippen molar-refractivity contribution in [3.63, 3.8) is 0 Å². The Hall–Kier alpha value is -3.88. The number of ether oxygens (including phenoxy) is 3. The van der Waals surface area contributed by atoms with Crippen molar-refractivity contribution >= 4 is 28.5 Å². The summed E-state index contributed by atoms with van der Waals surface area (Å²) in [5.41, 5.74) is 1.27. The van der Waals surface area contributed by atoms with Crippen molar-refractivity contribution < 1.29 is 34.0 Å². The van der Waals surface area contributed by atoms with Gasteiger partial charge in [-0.2, -0.15) is 0 Å². The fourth-order valence-corrected chi connectivity index (χ4v) is 3.87. The Labute approximate surface area is 210 Å². The van der Waals surface area contributed by atoms with E-state index in [1.807, 2.05) is 43.3 Å². The van der Waals surface area contributed by atoms with Crippen LogP contribution in [-0.4, -0.2) is 48.2 Å². The SMILES string of the molecule is CCO[C@H](CC/C=C/C(=O)O)[C@H](OC(=O)Nc1cccc2ccccc12)c1cccc(OCCO)c1. The van der Waals surface area contributed by atoms with Gasteiger partial charge in [0.15, 0.2) is 6.10 Å². The number of allylic oxidation sites excluding steroid dienone is 1. The summed E-state index contributed by atoms with van der Waals surface area (Å²) in [6.07, 6.45) is 1.48. The molecule has 190 valence electrons. The molecule has 0 fully saturated rings. The summed E-state index contributed by atoms with van der Waals surface area (Å²) in [4.78, 5) is 23.9. The summed E-state index contributed by atoms with van der Waals surface area (Å²) in [5, 5.41) is 22.7. The van der Waals surface area contributed by atoms with Crippen LogP contribution in [0.5, 0.6) is 5.75 Å². The molecule has 0 unspecified atom stereocenters. The number of carboxylic acid groups (broad SMARTS) is 1. The van der Waals surface area contributed by atoms with Gasteiger partial charge in [-0.25, -0.2) is 9.59 Å². The molecule has 0 radical (unpaired) electrons. The van der Waals surface area contributed by atoms with Crippen LogP contribution in [0, 0.1) is 0 Å². The molecule has 3 rings (SSSR count). The number of rotatable bonds is 13. The Bertz CT molecular complexity index is 1170. The third kappa shape index (κ3) is 7.83. The lowest BCUT2D eigenvalue weighted by Crippen LogP contribution is -2.29. The lowest BCUT2D eigenvalue weighted by molar-refractivity contribution is -0.131. The molecule has 0 saturated heterocycles. The Morgan fingerprint density at radius 1 is 1.06 bits per heavy atom. The van der Waals surface area contributed by atoms with Crippen LogP contribution < -0.4 is 10.1 Å². The van der Waals surface area contributed by atoms with Gasteiger partial charge in [-0.05, 0) is 48.9 Å². The van der Waals surface area contributed by atoms with Gasteiger partial charge in [0.05, 0.1) is 18.4 Å². The predicted molar refractivity (Wildman–Crippen MR) is 137 cm³/mol. The molecule has 0 aromatic heterocycles. The van der Waals surface area contributed by atoms with Gasteiger partial charge < -0.3 is 24.4 Å². The average molecular weight is 494 g/mol. The van der Waals surface area contributed by atoms with E-state index in [1.54, 1.807) is 36.4 Å². The number of aliphatic carboxylic acids is 1. The number of carbonyl (C=O) groups excluding carboxylic acids is 1. The van der Waals surface area contributed by atoms with Crippen LogP contribution in [-0.2, 0) is 14.3 Å². The van der Waals surface area contributed by atoms with E-state index in [0.717, 1.165) is 16.8 Å². The molecule has 0 heterocycles. The standard InChI is InChI=1S/C28H31NO7/c1-2-34-25(15-5-6-16-26(31)32)27(21-11-7-12-22(19-21)35-18-17-30)36-28(33)29-24-14-8-10-20-9-3-4-13-23(20)24/h3-4,6-14,16,19,25,27,30H,2,5,15,17-18H2,1H3,(H,29,33)(H,31,32)/b16-6+/t25-,27-/m1/s1. The minimum Gasteiger partial charge on any atom is -0.491 e.